The van der Waals surface area contributed by atoms with Gasteiger partial charge in [-0.25, -0.2) is 0 Å². The van der Waals surface area contributed by atoms with E-state index in [1.165, 1.54) is 72.0 Å². The van der Waals surface area contributed by atoms with E-state index in [9.17, 15) is 5.48 Å². The van der Waals surface area contributed by atoms with Crippen molar-refractivity contribution in [2.24, 2.45) is 0 Å². The number of anilines is 6. The van der Waals surface area contributed by atoms with Gasteiger partial charge in [-0.2, -0.15) is 0 Å². The Bertz CT molecular complexity index is 6390. The first-order valence-corrected chi connectivity index (χ1v) is 44.2. The zero-order valence-electron chi connectivity index (χ0n) is 83.9. The minimum Gasteiger partial charge on any atom is -0.310 e. The Morgan fingerprint density at radius 2 is 0.575 bits per heavy atom. The molecule has 618 valence electrons. The summed E-state index contributed by atoms with van der Waals surface area (Å²) in [7, 11) is 0. The SMILES string of the molecule is [2H]c1c([2H])c([2H])c(-c2ccc3c(c2)N(c2c(-c4ccc(C(C)(C)C)cc4)cc(C(C)(C)C)cc2-c2cc(C(C)(C)C)cc(C(C)(C)C)c2)c2cc(C(C)(C)C)cc4c2B3c2ccc(-n3c5ccc(C(C)(C)C)cc5c5cc(C(C)(C)C)ccc53)cc2N4c2c(-c3ccc(C(C)(C)C)cc3)cc(C(C)(C)C)cc2-c2ccc(C(C)(C)C)cc2C(C)(C)C)c([2H])c1[2H]. The molecule has 0 spiro atoms. The number of hydrogen-bond acceptors (Lipinski definition) is 2. The van der Waals surface area contributed by atoms with Gasteiger partial charge in [0.1, 0.15) is 0 Å². The van der Waals surface area contributed by atoms with Gasteiger partial charge in [-0.3, -0.25) is 0 Å². The molecule has 4 heteroatoms. The number of nitrogens with zero attached hydrogens (tertiary/aromatic N) is 3. The maximum Gasteiger partial charge on any atom is 0.252 e. The quantitative estimate of drug-likeness (QED) is 0.141. The molecule has 0 fully saturated rings. The minimum atomic E-state index is -0.489. The molecule has 0 saturated heterocycles. The molecule has 0 amide bonds. The van der Waals surface area contributed by atoms with E-state index in [0.717, 1.165) is 112 Å². The first-order chi connectivity index (χ1) is 57.5. The van der Waals surface area contributed by atoms with Crippen molar-refractivity contribution in [3.8, 4) is 61.3 Å². The normalized spacial score (nSPS) is 14.6. The fourth-order valence-electron chi connectivity index (χ4n) is 18.1. The molecule has 2 aliphatic rings. The van der Waals surface area contributed by atoms with Crippen LogP contribution in [0, 0.1) is 0 Å². The molecule has 12 aromatic carbocycles. The minimum absolute atomic E-state index is 0.120. The van der Waals surface area contributed by atoms with Crippen molar-refractivity contribution >= 4 is 79.0 Å². The maximum atomic E-state index is 9.92. The summed E-state index contributed by atoms with van der Waals surface area (Å²) in [5.41, 5.74) is 32.9. The molecular weight excluding hydrogens is 1450 g/mol. The van der Waals surface area contributed by atoms with E-state index in [2.05, 4.69) is 431 Å². The second-order valence-corrected chi connectivity index (χ2v) is 46.7. The van der Waals surface area contributed by atoms with Crippen LogP contribution in [0.25, 0.3) is 83.1 Å². The molecule has 13 aromatic rings. The van der Waals surface area contributed by atoms with Gasteiger partial charge in [0, 0.05) is 61.5 Å². The topological polar surface area (TPSA) is 11.4 Å². The van der Waals surface area contributed by atoms with E-state index in [1.54, 1.807) is 0 Å². The van der Waals surface area contributed by atoms with E-state index < -0.39 is 18.2 Å². The lowest BCUT2D eigenvalue weighted by atomic mass is 9.33. The molecule has 0 aliphatic carbocycles. The summed E-state index contributed by atoms with van der Waals surface area (Å²) in [5, 5.41) is 2.42. The third-order valence-electron chi connectivity index (χ3n) is 25.9. The first-order valence-electron chi connectivity index (χ1n) is 46.7. The van der Waals surface area contributed by atoms with Crippen LogP contribution in [0.15, 0.2) is 224 Å². The standard InChI is InChI=1S/C116H136BN3/c1-106(2,3)76-44-39-72(40-45-76)88-63-83(113(22,23)24)65-90(75-57-81(111(16,17)18)60-82(58-75)112(19,20)21)104(88)119-99-59-74(71-37-35-34-36-38-71)43-53-95(99)117-96-54-51-86(118-97-55-49-78(108(7,8)9)61-91(97)92-62-79(109(10,11)12)50-56-98(92)118)70-100(96)120(102-69-85(115(28,29)30)68-101(119)103(102)117)105-89(73-41-46-77(47-42-73)107(4,5)6)64-84(114(25,26)27)66-93(105)87-52-48-80(110(13,14)15)67-94(87)116(31,32)33/h34-70H,1-33H3/i34D,35D,36D,37D,38D. The van der Waals surface area contributed by atoms with Crippen molar-refractivity contribution < 1.29 is 6.85 Å². The highest BCUT2D eigenvalue weighted by molar-refractivity contribution is 7.00. The van der Waals surface area contributed by atoms with Gasteiger partial charge >= 0.3 is 0 Å². The van der Waals surface area contributed by atoms with Crippen LogP contribution in [0.5, 0.6) is 0 Å². The molecule has 0 radical (unpaired) electrons. The molecule has 0 atom stereocenters. The maximum absolute atomic E-state index is 9.92. The van der Waals surface area contributed by atoms with Crippen LogP contribution in [0.2, 0.25) is 0 Å². The summed E-state index contributed by atoms with van der Waals surface area (Å²) in [6, 6.07) is 75.3. The second-order valence-electron chi connectivity index (χ2n) is 46.7. The molecule has 0 N–H and O–H groups in total. The number of aromatic nitrogens is 1. The molecule has 2 aliphatic heterocycles. The Morgan fingerprint density at radius 1 is 0.233 bits per heavy atom. The number of benzene rings is 12. The first kappa shape index (κ1) is 78.6. The number of rotatable bonds is 8. The van der Waals surface area contributed by atoms with Crippen LogP contribution >= 0.6 is 0 Å². The van der Waals surface area contributed by atoms with Gasteiger partial charge in [0.2, 0.25) is 0 Å². The largest absolute Gasteiger partial charge is 0.310 e. The zero-order valence-corrected chi connectivity index (χ0v) is 78.9. The highest BCUT2D eigenvalue weighted by Crippen LogP contribution is 2.58. The van der Waals surface area contributed by atoms with Crippen molar-refractivity contribution in [3.63, 3.8) is 0 Å². The molecule has 0 saturated carbocycles. The van der Waals surface area contributed by atoms with Crippen molar-refractivity contribution in [2.45, 2.75) is 288 Å². The van der Waals surface area contributed by atoms with E-state index in [4.69, 9.17) is 1.37 Å². The average Bonchev–Trinajstić information content (AvgIpc) is 0.794. The fourth-order valence-corrected chi connectivity index (χ4v) is 18.1. The van der Waals surface area contributed by atoms with Crippen LogP contribution in [0.3, 0.4) is 0 Å². The third-order valence-corrected chi connectivity index (χ3v) is 25.9. The summed E-state index contributed by atoms with van der Waals surface area (Å²) in [6.45, 7) is 76.6. The highest BCUT2D eigenvalue weighted by Gasteiger charge is 2.47. The van der Waals surface area contributed by atoms with Crippen molar-refractivity contribution in [1.82, 2.24) is 4.57 Å². The summed E-state index contributed by atoms with van der Waals surface area (Å²) < 4.78 is 50.2. The fraction of sp³-hybridized carbons (Fsp3) is 0.379. The van der Waals surface area contributed by atoms with Gasteiger partial charge in [0.15, 0.2) is 0 Å². The van der Waals surface area contributed by atoms with Gasteiger partial charge in [0.25, 0.3) is 6.71 Å². The van der Waals surface area contributed by atoms with Gasteiger partial charge < -0.3 is 14.4 Å². The summed E-state index contributed by atoms with van der Waals surface area (Å²) in [6.07, 6.45) is 0. The summed E-state index contributed by atoms with van der Waals surface area (Å²) in [5.74, 6) is 0. The van der Waals surface area contributed by atoms with Crippen LogP contribution < -0.4 is 26.2 Å². The van der Waals surface area contributed by atoms with E-state index >= 15 is 0 Å². The van der Waals surface area contributed by atoms with Crippen molar-refractivity contribution in [1.29, 1.82) is 0 Å². The molecule has 120 heavy (non-hydrogen) atoms. The lowest BCUT2D eigenvalue weighted by Crippen LogP contribution is -2.61. The van der Waals surface area contributed by atoms with Gasteiger partial charge in [-0.1, -0.05) is 374 Å². The van der Waals surface area contributed by atoms with Gasteiger partial charge in [-0.15, -0.1) is 0 Å². The Kier molecular flexibility index (Phi) is 18.9. The molecule has 1 aromatic heterocycles. The lowest BCUT2D eigenvalue weighted by molar-refractivity contribution is 0.568. The Hall–Kier alpha value is -9.90. The van der Waals surface area contributed by atoms with E-state index in [-0.39, 0.29) is 83.9 Å². The molecule has 3 nitrogen and oxygen atoms in total. The third kappa shape index (κ3) is 15.7. The molecule has 0 unspecified atom stereocenters. The second kappa shape index (κ2) is 28.9. The van der Waals surface area contributed by atoms with Crippen molar-refractivity contribution in [2.75, 3.05) is 9.80 Å². The van der Waals surface area contributed by atoms with Crippen LogP contribution in [0.4, 0.5) is 34.1 Å². The lowest BCUT2D eigenvalue weighted by Gasteiger charge is -2.47. The Morgan fingerprint density at radius 3 is 0.992 bits per heavy atom. The molecule has 15 rings (SSSR count). The molecule has 0 bridgehead atoms. The molecule has 3 heterocycles. The van der Waals surface area contributed by atoms with Gasteiger partial charge in [0.05, 0.1) is 29.3 Å². The zero-order chi connectivity index (χ0) is 91.5. The van der Waals surface area contributed by atoms with Gasteiger partial charge in [-0.05, 0) is 249 Å². The highest BCUT2D eigenvalue weighted by atomic mass is 15.2. The van der Waals surface area contributed by atoms with Crippen LogP contribution in [-0.2, 0) is 59.6 Å². The smallest absolute Gasteiger partial charge is 0.252 e. The van der Waals surface area contributed by atoms with Crippen LogP contribution in [0.1, 0.15) is 297 Å². The molecular formula is C116H136BN3. The number of fused-ring (bicyclic) bond motifs is 7. The number of hydrogen-bond donors (Lipinski definition) is 0. The Labute approximate surface area is 730 Å². The van der Waals surface area contributed by atoms with E-state index in [0.29, 0.717) is 5.56 Å². The van der Waals surface area contributed by atoms with Crippen LogP contribution in [-0.4, -0.2) is 11.3 Å². The summed E-state index contributed by atoms with van der Waals surface area (Å²) >= 11 is 0. The summed E-state index contributed by atoms with van der Waals surface area (Å²) in [4.78, 5) is 5.34. The van der Waals surface area contributed by atoms with E-state index in [1.807, 2.05) is 6.07 Å². The Balaban J connectivity index is 1.22. The average molecular weight is 1590 g/mol. The van der Waals surface area contributed by atoms with Crippen molar-refractivity contribution in [3.05, 3.63) is 286 Å². The monoisotopic (exact) mass is 1590 g/mol. The predicted molar refractivity (Wildman–Crippen MR) is 528 cm³/mol. The predicted octanol–water partition coefficient (Wildman–Crippen LogP) is 31.5.